The number of nitrogens with one attached hydrogen (secondary N) is 1. The van der Waals surface area contributed by atoms with Gasteiger partial charge in [-0.15, -0.1) is 5.10 Å². The Bertz CT molecular complexity index is 808. The fourth-order valence-electron chi connectivity index (χ4n) is 2.12. The third kappa shape index (κ3) is 2.97. The maximum atomic E-state index is 12.0. The molecule has 2 heterocycles. The summed E-state index contributed by atoms with van der Waals surface area (Å²) >= 11 is 0. The Morgan fingerprint density at radius 3 is 3.00 bits per heavy atom. The maximum absolute atomic E-state index is 12.0. The van der Waals surface area contributed by atoms with Crippen LogP contribution < -0.4 is 5.56 Å². The molecule has 7 nitrogen and oxygen atoms in total. The van der Waals surface area contributed by atoms with Gasteiger partial charge < -0.3 is 10.1 Å². The van der Waals surface area contributed by atoms with Crippen LogP contribution in [-0.2, 0) is 13.0 Å². The number of aromatic amines is 1. The lowest BCUT2D eigenvalue weighted by Crippen LogP contribution is -2.18. The second kappa shape index (κ2) is 5.84. The molecule has 21 heavy (non-hydrogen) atoms. The maximum Gasteiger partial charge on any atom is 0.272 e. The first kappa shape index (κ1) is 13.4. The zero-order chi connectivity index (χ0) is 14.7. The largest absolute Gasteiger partial charge is 0.396 e. The predicted molar refractivity (Wildman–Crippen MR) is 76.9 cm³/mol. The molecule has 7 heteroatoms. The van der Waals surface area contributed by atoms with E-state index in [1.807, 2.05) is 24.3 Å². The molecule has 3 aromatic rings. The van der Waals surface area contributed by atoms with Crippen LogP contribution in [0.15, 0.2) is 35.3 Å². The first-order valence-electron chi connectivity index (χ1n) is 6.74. The lowest BCUT2D eigenvalue weighted by molar-refractivity contribution is 0.288. The summed E-state index contributed by atoms with van der Waals surface area (Å²) in [5, 5.41) is 16.8. The van der Waals surface area contributed by atoms with Crippen LogP contribution in [0.5, 0.6) is 0 Å². The average molecular weight is 285 g/mol. The second-order valence-corrected chi connectivity index (χ2v) is 4.76. The van der Waals surface area contributed by atoms with Crippen molar-refractivity contribution >= 4 is 11.0 Å². The quantitative estimate of drug-likeness (QED) is 0.711. The van der Waals surface area contributed by atoms with Crippen molar-refractivity contribution in [2.75, 3.05) is 6.61 Å². The Hall–Kier alpha value is -2.54. The number of aryl methyl sites for hydroxylation is 1. The number of hydrogen-bond donors (Lipinski definition) is 2. The van der Waals surface area contributed by atoms with Crippen molar-refractivity contribution in [1.29, 1.82) is 0 Å². The van der Waals surface area contributed by atoms with Gasteiger partial charge in [0.1, 0.15) is 5.69 Å². The summed E-state index contributed by atoms with van der Waals surface area (Å²) in [6.45, 7) is 0.394. The Morgan fingerprint density at radius 2 is 2.14 bits per heavy atom. The van der Waals surface area contributed by atoms with Gasteiger partial charge in [-0.05, 0) is 25.0 Å². The molecular formula is C14H15N5O2. The molecule has 0 unspecified atom stereocenters. The lowest BCUT2D eigenvalue weighted by Gasteiger charge is -2.02. The SMILES string of the molecule is O=c1[nH]c2ccccc2nc1Cn1cc(CCCO)nn1. The number of para-hydroxylation sites is 2. The molecule has 2 N–H and O–H groups in total. The molecule has 0 fully saturated rings. The van der Waals surface area contributed by atoms with Crippen molar-refractivity contribution in [2.45, 2.75) is 19.4 Å². The zero-order valence-corrected chi connectivity index (χ0v) is 11.4. The number of benzene rings is 1. The van der Waals surface area contributed by atoms with Crippen molar-refractivity contribution in [2.24, 2.45) is 0 Å². The summed E-state index contributed by atoms with van der Waals surface area (Å²) in [6.07, 6.45) is 3.08. The van der Waals surface area contributed by atoms with Crippen LogP contribution >= 0.6 is 0 Å². The highest BCUT2D eigenvalue weighted by Crippen LogP contribution is 2.06. The minimum Gasteiger partial charge on any atom is -0.396 e. The molecule has 0 radical (unpaired) electrons. The monoisotopic (exact) mass is 285 g/mol. The van der Waals surface area contributed by atoms with Crippen molar-refractivity contribution < 1.29 is 5.11 Å². The van der Waals surface area contributed by atoms with E-state index in [1.54, 1.807) is 10.9 Å². The van der Waals surface area contributed by atoms with Gasteiger partial charge in [-0.3, -0.25) is 4.79 Å². The van der Waals surface area contributed by atoms with Crippen LogP contribution in [0.2, 0.25) is 0 Å². The average Bonchev–Trinajstić information content (AvgIpc) is 2.93. The number of aromatic nitrogens is 5. The van der Waals surface area contributed by atoms with Gasteiger partial charge in [-0.1, -0.05) is 17.3 Å². The van der Waals surface area contributed by atoms with E-state index in [1.165, 1.54) is 0 Å². The molecule has 0 saturated carbocycles. The number of aliphatic hydroxyl groups is 1. The minimum atomic E-state index is -0.221. The molecule has 0 bridgehead atoms. The lowest BCUT2D eigenvalue weighted by atomic mass is 10.2. The number of fused-ring (bicyclic) bond motifs is 1. The highest BCUT2D eigenvalue weighted by Gasteiger charge is 2.07. The summed E-state index contributed by atoms with van der Waals surface area (Å²) in [5.41, 5.74) is 2.43. The van der Waals surface area contributed by atoms with E-state index < -0.39 is 0 Å². The van der Waals surface area contributed by atoms with Gasteiger partial charge in [0.05, 0.1) is 23.3 Å². The number of aliphatic hydroxyl groups excluding tert-OH is 1. The highest BCUT2D eigenvalue weighted by atomic mass is 16.2. The van der Waals surface area contributed by atoms with Crippen molar-refractivity contribution in [3.63, 3.8) is 0 Å². The van der Waals surface area contributed by atoms with Crippen LogP contribution in [0.4, 0.5) is 0 Å². The zero-order valence-electron chi connectivity index (χ0n) is 11.4. The summed E-state index contributed by atoms with van der Waals surface area (Å²) in [7, 11) is 0. The van der Waals surface area contributed by atoms with Gasteiger partial charge >= 0.3 is 0 Å². The van der Waals surface area contributed by atoms with Crippen molar-refractivity contribution in [3.05, 3.63) is 52.2 Å². The molecule has 0 saturated heterocycles. The molecule has 108 valence electrons. The molecule has 0 aliphatic rings. The van der Waals surface area contributed by atoms with Crippen LogP contribution in [0, 0.1) is 0 Å². The van der Waals surface area contributed by atoms with Crippen LogP contribution in [0.1, 0.15) is 17.8 Å². The van der Waals surface area contributed by atoms with Crippen molar-refractivity contribution in [3.8, 4) is 0 Å². The third-order valence-corrected chi connectivity index (χ3v) is 3.16. The molecular weight excluding hydrogens is 270 g/mol. The highest BCUT2D eigenvalue weighted by molar-refractivity contribution is 5.73. The van der Waals surface area contributed by atoms with E-state index in [-0.39, 0.29) is 18.7 Å². The van der Waals surface area contributed by atoms with Crippen LogP contribution in [0.3, 0.4) is 0 Å². The van der Waals surface area contributed by atoms with Gasteiger partial charge in [-0.25, -0.2) is 9.67 Å². The molecule has 1 aromatic carbocycles. The fourth-order valence-corrected chi connectivity index (χ4v) is 2.12. The smallest absolute Gasteiger partial charge is 0.272 e. The Balaban J connectivity index is 1.85. The molecule has 0 amide bonds. The summed E-state index contributed by atoms with van der Waals surface area (Å²) in [6, 6.07) is 7.39. The normalized spacial score (nSPS) is 11.1. The Labute approximate surface area is 120 Å². The van der Waals surface area contributed by atoms with Crippen molar-refractivity contribution in [1.82, 2.24) is 25.0 Å². The van der Waals surface area contributed by atoms with Crippen LogP contribution in [0.25, 0.3) is 11.0 Å². The van der Waals surface area contributed by atoms with Gasteiger partial charge in [0, 0.05) is 12.8 Å². The van der Waals surface area contributed by atoms with E-state index in [9.17, 15) is 4.79 Å². The Kier molecular flexibility index (Phi) is 3.74. The topological polar surface area (TPSA) is 96.7 Å². The van der Waals surface area contributed by atoms with Gasteiger partial charge in [0.15, 0.2) is 0 Å². The van der Waals surface area contributed by atoms with E-state index >= 15 is 0 Å². The fraction of sp³-hybridized carbons (Fsp3) is 0.286. The predicted octanol–water partition coefficient (Wildman–Crippen LogP) is 0.488. The molecule has 0 spiro atoms. The minimum absolute atomic E-state index is 0.124. The van der Waals surface area contributed by atoms with E-state index in [2.05, 4.69) is 20.3 Å². The summed E-state index contributed by atoms with van der Waals surface area (Å²) < 4.78 is 1.58. The third-order valence-electron chi connectivity index (χ3n) is 3.16. The number of nitrogens with zero attached hydrogens (tertiary/aromatic N) is 4. The van der Waals surface area contributed by atoms with Gasteiger partial charge in [-0.2, -0.15) is 0 Å². The number of H-pyrrole nitrogens is 1. The van der Waals surface area contributed by atoms with Crippen LogP contribution in [-0.4, -0.2) is 36.7 Å². The summed E-state index contributed by atoms with van der Waals surface area (Å²) in [5.74, 6) is 0. The summed E-state index contributed by atoms with van der Waals surface area (Å²) in [4.78, 5) is 19.2. The van der Waals surface area contributed by atoms with Gasteiger partial charge in [0.25, 0.3) is 5.56 Å². The molecule has 0 aliphatic carbocycles. The van der Waals surface area contributed by atoms with E-state index in [0.717, 1.165) is 11.2 Å². The molecule has 0 atom stereocenters. The molecule has 0 aliphatic heterocycles. The Morgan fingerprint density at radius 1 is 1.29 bits per heavy atom. The van der Waals surface area contributed by atoms with E-state index in [4.69, 9.17) is 5.11 Å². The first-order valence-corrected chi connectivity index (χ1v) is 6.74. The molecule has 2 aromatic heterocycles. The number of hydrogen-bond acceptors (Lipinski definition) is 5. The standard InChI is InChI=1S/C14H15N5O2/c20-7-3-4-10-8-19(18-17-10)9-13-14(21)16-12-6-2-1-5-11(12)15-13/h1-2,5-6,8,20H,3-4,7,9H2,(H,16,21). The first-order chi connectivity index (χ1) is 10.3. The van der Waals surface area contributed by atoms with Gasteiger partial charge in [0.2, 0.25) is 0 Å². The van der Waals surface area contributed by atoms with E-state index in [0.29, 0.717) is 24.1 Å². The molecule has 3 rings (SSSR count). The number of rotatable bonds is 5. The second-order valence-electron chi connectivity index (χ2n) is 4.76.